The summed E-state index contributed by atoms with van der Waals surface area (Å²) in [6, 6.07) is 11.0. The Morgan fingerprint density at radius 2 is 2.10 bits per heavy atom. The molecule has 3 aromatic rings. The molecule has 1 saturated heterocycles. The number of aromatic amines is 1. The SMILES string of the molecule is CCOC1CCN(C(=O)c2cc(C(=O)c3c(-c4ccccc4)noc3C)c[nH]2)C1. The van der Waals surface area contributed by atoms with Crippen molar-refractivity contribution in [2.75, 3.05) is 19.7 Å². The highest BCUT2D eigenvalue weighted by Gasteiger charge is 2.29. The molecule has 150 valence electrons. The highest BCUT2D eigenvalue weighted by Crippen LogP contribution is 2.27. The molecule has 1 unspecified atom stereocenters. The van der Waals surface area contributed by atoms with E-state index in [0.29, 0.717) is 48.0 Å². The topological polar surface area (TPSA) is 88.4 Å². The number of H-pyrrole nitrogens is 1. The van der Waals surface area contributed by atoms with E-state index in [2.05, 4.69) is 10.1 Å². The van der Waals surface area contributed by atoms with Crippen LogP contribution in [-0.2, 0) is 4.74 Å². The van der Waals surface area contributed by atoms with Crippen molar-refractivity contribution < 1.29 is 18.8 Å². The second-order valence-corrected chi connectivity index (χ2v) is 7.08. The monoisotopic (exact) mass is 393 g/mol. The Bertz CT molecular complexity index is 1020. The third kappa shape index (κ3) is 3.73. The van der Waals surface area contributed by atoms with E-state index >= 15 is 0 Å². The zero-order valence-electron chi connectivity index (χ0n) is 16.5. The fourth-order valence-electron chi connectivity index (χ4n) is 3.68. The lowest BCUT2D eigenvalue weighted by Crippen LogP contribution is -2.30. The van der Waals surface area contributed by atoms with Crippen molar-refractivity contribution in [2.45, 2.75) is 26.4 Å². The van der Waals surface area contributed by atoms with E-state index < -0.39 is 0 Å². The van der Waals surface area contributed by atoms with Crippen molar-refractivity contribution >= 4 is 11.7 Å². The second kappa shape index (κ2) is 8.05. The number of nitrogens with one attached hydrogen (secondary N) is 1. The molecule has 1 amide bonds. The number of amides is 1. The summed E-state index contributed by atoms with van der Waals surface area (Å²) in [5.74, 6) is 0.0881. The van der Waals surface area contributed by atoms with Crippen LogP contribution in [0.15, 0.2) is 47.1 Å². The molecule has 0 aliphatic carbocycles. The van der Waals surface area contributed by atoms with Crippen LogP contribution in [0.2, 0.25) is 0 Å². The number of ketones is 1. The lowest BCUT2D eigenvalue weighted by Gasteiger charge is -2.15. The van der Waals surface area contributed by atoms with Crippen LogP contribution in [0.4, 0.5) is 0 Å². The summed E-state index contributed by atoms with van der Waals surface area (Å²) in [7, 11) is 0. The molecule has 4 rings (SSSR count). The number of aromatic nitrogens is 2. The highest BCUT2D eigenvalue weighted by molar-refractivity contribution is 6.13. The quantitative estimate of drug-likeness (QED) is 0.648. The van der Waals surface area contributed by atoms with E-state index in [9.17, 15) is 9.59 Å². The van der Waals surface area contributed by atoms with Crippen LogP contribution >= 0.6 is 0 Å². The fourth-order valence-corrected chi connectivity index (χ4v) is 3.68. The predicted molar refractivity (Wildman–Crippen MR) is 107 cm³/mol. The van der Waals surface area contributed by atoms with E-state index in [0.717, 1.165) is 12.0 Å². The van der Waals surface area contributed by atoms with Crippen LogP contribution < -0.4 is 0 Å². The molecule has 1 aliphatic rings. The second-order valence-electron chi connectivity index (χ2n) is 7.08. The molecule has 1 fully saturated rings. The van der Waals surface area contributed by atoms with Gasteiger partial charge in [0.1, 0.15) is 17.1 Å². The minimum absolute atomic E-state index is 0.0769. The van der Waals surface area contributed by atoms with Crippen LogP contribution in [0.25, 0.3) is 11.3 Å². The maximum atomic E-state index is 13.2. The number of aryl methyl sites for hydroxylation is 1. The van der Waals surface area contributed by atoms with E-state index in [-0.39, 0.29) is 17.8 Å². The summed E-state index contributed by atoms with van der Waals surface area (Å²) < 4.78 is 10.9. The molecule has 3 heterocycles. The van der Waals surface area contributed by atoms with Gasteiger partial charge in [0.15, 0.2) is 5.78 Å². The normalized spacial score (nSPS) is 16.3. The van der Waals surface area contributed by atoms with Gasteiger partial charge in [-0.15, -0.1) is 0 Å². The molecule has 7 nitrogen and oxygen atoms in total. The van der Waals surface area contributed by atoms with Gasteiger partial charge in [-0.25, -0.2) is 0 Å². The van der Waals surface area contributed by atoms with E-state index in [1.165, 1.54) is 0 Å². The number of rotatable bonds is 6. The van der Waals surface area contributed by atoms with Crippen molar-refractivity contribution in [2.24, 2.45) is 0 Å². The average molecular weight is 393 g/mol. The smallest absolute Gasteiger partial charge is 0.270 e. The average Bonchev–Trinajstić information content (AvgIpc) is 3.48. The summed E-state index contributed by atoms with van der Waals surface area (Å²) in [5, 5.41) is 4.07. The van der Waals surface area contributed by atoms with Crippen molar-refractivity contribution in [1.82, 2.24) is 15.0 Å². The molecule has 29 heavy (non-hydrogen) atoms. The first-order chi connectivity index (χ1) is 14.1. The fraction of sp³-hybridized carbons (Fsp3) is 0.318. The Kier molecular flexibility index (Phi) is 5.31. The molecule has 0 radical (unpaired) electrons. The predicted octanol–water partition coefficient (Wildman–Crippen LogP) is 3.46. The number of likely N-dealkylation sites (tertiary alicyclic amines) is 1. The molecule has 0 bridgehead atoms. The molecule has 7 heteroatoms. The maximum Gasteiger partial charge on any atom is 0.270 e. The van der Waals surface area contributed by atoms with Crippen molar-refractivity contribution in [3.05, 3.63) is 65.2 Å². The van der Waals surface area contributed by atoms with Crippen LogP contribution in [0.1, 0.15) is 45.5 Å². The zero-order valence-corrected chi connectivity index (χ0v) is 16.5. The summed E-state index contributed by atoms with van der Waals surface area (Å²) in [6.07, 6.45) is 2.47. The summed E-state index contributed by atoms with van der Waals surface area (Å²) in [6.45, 7) is 5.51. The van der Waals surface area contributed by atoms with E-state index in [1.807, 2.05) is 37.3 Å². The third-order valence-corrected chi connectivity index (χ3v) is 5.15. The lowest BCUT2D eigenvalue weighted by atomic mass is 9.99. The Labute approximate surface area is 168 Å². The Morgan fingerprint density at radius 3 is 2.86 bits per heavy atom. The van der Waals surface area contributed by atoms with Crippen LogP contribution in [0.5, 0.6) is 0 Å². The van der Waals surface area contributed by atoms with Crippen LogP contribution in [0, 0.1) is 6.92 Å². The number of ether oxygens (including phenoxy) is 1. The van der Waals surface area contributed by atoms with Gasteiger partial charge in [-0.05, 0) is 26.3 Å². The standard InChI is InChI=1S/C22H23N3O4/c1-3-28-17-9-10-25(13-17)22(27)18-11-16(12-23-18)21(26)19-14(2)29-24-20(19)15-7-5-4-6-8-15/h4-8,11-12,17,23H,3,9-10,13H2,1-2H3. The molecular formula is C22H23N3O4. The zero-order chi connectivity index (χ0) is 20.4. The first-order valence-electron chi connectivity index (χ1n) is 9.74. The third-order valence-electron chi connectivity index (χ3n) is 5.15. The minimum Gasteiger partial charge on any atom is -0.377 e. The summed E-state index contributed by atoms with van der Waals surface area (Å²) in [4.78, 5) is 30.6. The van der Waals surface area contributed by atoms with Gasteiger partial charge in [0.25, 0.3) is 5.91 Å². The van der Waals surface area contributed by atoms with Gasteiger partial charge < -0.3 is 19.1 Å². The van der Waals surface area contributed by atoms with Crippen molar-refractivity contribution in [3.63, 3.8) is 0 Å². The molecule has 2 aromatic heterocycles. The van der Waals surface area contributed by atoms with Gasteiger partial charge in [0, 0.05) is 37.0 Å². The van der Waals surface area contributed by atoms with E-state index in [4.69, 9.17) is 9.26 Å². The maximum absolute atomic E-state index is 13.2. The Balaban J connectivity index is 1.56. The number of hydrogen-bond acceptors (Lipinski definition) is 5. The first kappa shape index (κ1) is 19.1. The van der Waals surface area contributed by atoms with Gasteiger partial charge in [0.05, 0.1) is 11.7 Å². The molecular weight excluding hydrogens is 370 g/mol. The molecule has 0 saturated carbocycles. The van der Waals surface area contributed by atoms with Gasteiger partial charge in [-0.3, -0.25) is 9.59 Å². The number of nitrogens with zero attached hydrogens (tertiary/aromatic N) is 2. The summed E-state index contributed by atoms with van der Waals surface area (Å²) >= 11 is 0. The number of benzene rings is 1. The van der Waals surface area contributed by atoms with Crippen molar-refractivity contribution in [3.8, 4) is 11.3 Å². The largest absolute Gasteiger partial charge is 0.377 e. The summed E-state index contributed by atoms with van der Waals surface area (Å²) in [5.41, 5.74) is 2.50. The molecule has 1 aromatic carbocycles. The Hall–Kier alpha value is -3.19. The molecule has 1 aliphatic heterocycles. The van der Waals surface area contributed by atoms with Gasteiger partial charge in [-0.1, -0.05) is 35.5 Å². The van der Waals surface area contributed by atoms with Crippen LogP contribution in [0.3, 0.4) is 0 Å². The number of hydrogen-bond donors (Lipinski definition) is 1. The van der Waals surface area contributed by atoms with Crippen molar-refractivity contribution in [1.29, 1.82) is 0 Å². The van der Waals surface area contributed by atoms with E-state index in [1.54, 1.807) is 24.1 Å². The van der Waals surface area contributed by atoms with Gasteiger partial charge in [-0.2, -0.15) is 0 Å². The van der Waals surface area contributed by atoms with Gasteiger partial charge in [0.2, 0.25) is 0 Å². The van der Waals surface area contributed by atoms with Crippen LogP contribution in [-0.4, -0.2) is 52.5 Å². The highest BCUT2D eigenvalue weighted by atomic mass is 16.5. The number of carbonyl (C=O) groups excluding carboxylic acids is 2. The lowest BCUT2D eigenvalue weighted by molar-refractivity contribution is 0.0595. The first-order valence-corrected chi connectivity index (χ1v) is 9.74. The number of carbonyl (C=O) groups is 2. The molecule has 0 spiro atoms. The minimum atomic E-state index is -0.230. The molecule has 1 N–H and O–H groups in total. The molecule has 1 atom stereocenters. The van der Waals surface area contributed by atoms with Gasteiger partial charge >= 0.3 is 0 Å². The Morgan fingerprint density at radius 1 is 1.31 bits per heavy atom.